The fourth-order valence-electron chi connectivity index (χ4n) is 5.65. The van der Waals surface area contributed by atoms with Gasteiger partial charge in [-0.2, -0.15) is 0 Å². The summed E-state index contributed by atoms with van der Waals surface area (Å²) in [6, 6.07) is 25.4. The molecule has 11 heteroatoms. The van der Waals surface area contributed by atoms with Crippen molar-refractivity contribution in [3.8, 4) is 0 Å². The maximum Gasteiger partial charge on any atom is 0.259 e. The molecule has 1 saturated heterocycles. The van der Waals surface area contributed by atoms with E-state index in [0.717, 1.165) is 37.4 Å². The summed E-state index contributed by atoms with van der Waals surface area (Å²) in [6.07, 6.45) is 0. The molecule has 2 heterocycles. The molecule has 4 aromatic rings. The van der Waals surface area contributed by atoms with Crippen molar-refractivity contribution >= 4 is 56.2 Å². The van der Waals surface area contributed by atoms with Crippen LogP contribution in [0.5, 0.6) is 0 Å². The van der Waals surface area contributed by atoms with E-state index >= 15 is 0 Å². The summed E-state index contributed by atoms with van der Waals surface area (Å²) in [4.78, 5) is 33.0. The third-order valence-electron chi connectivity index (χ3n) is 7.94. The molecule has 1 fully saturated rings. The lowest BCUT2D eigenvalue weighted by Gasteiger charge is -2.36. The van der Waals surface area contributed by atoms with Gasteiger partial charge in [0.05, 0.1) is 27.6 Å². The lowest BCUT2D eigenvalue weighted by molar-refractivity contribution is 0.0944. The molecule has 1 N–H and O–H groups in total. The molecule has 0 aliphatic carbocycles. The van der Waals surface area contributed by atoms with Crippen molar-refractivity contribution in [2.24, 2.45) is 0 Å². The lowest BCUT2D eigenvalue weighted by Crippen LogP contribution is -2.48. The predicted octanol–water partition coefficient (Wildman–Crippen LogP) is 5.54. The average Bonchev–Trinajstić information content (AvgIpc) is 3.09. The number of hydrogen-bond acceptors (Lipinski definition) is 6. The molecule has 0 spiro atoms. The molecule has 0 radical (unpaired) electrons. The normalized spacial score (nSPS) is 16.2. The van der Waals surface area contributed by atoms with E-state index in [1.165, 1.54) is 35.2 Å². The number of nitrogens with one attached hydrogen (secondary N) is 1. The van der Waals surface area contributed by atoms with E-state index in [0.29, 0.717) is 23.1 Å². The smallest absolute Gasteiger partial charge is 0.259 e. The Labute approximate surface area is 266 Å². The van der Waals surface area contributed by atoms with E-state index in [1.807, 2.05) is 24.3 Å². The van der Waals surface area contributed by atoms with Crippen LogP contribution in [0.1, 0.15) is 26.3 Å². The van der Waals surface area contributed by atoms with Gasteiger partial charge in [-0.25, -0.2) is 8.42 Å². The summed E-state index contributed by atoms with van der Waals surface area (Å²) >= 11 is 12.4. The van der Waals surface area contributed by atoms with Gasteiger partial charge in [-0.05, 0) is 66.2 Å². The van der Waals surface area contributed by atoms with Gasteiger partial charge in [0.1, 0.15) is 0 Å². The largest absolute Gasteiger partial charge is 0.369 e. The number of amides is 2. The zero-order valence-corrected chi connectivity index (χ0v) is 26.1. The van der Waals surface area contributed by atoms with Crippen molar-refractivity contribution in [3.05, 3.63) is 118 Å². The number of carbonyl (C=O) groups is 2. The molecule has 8 nitrogen and oxygen atoms in total. The third-order valence-corrected chi connectivity index (χ3v) is 10.3. The summed E-state index contributed by atoms with van der Waals surface area (Å²) in [5.41, 5.74) is 2.31. The summed E-state index contributed by atoms with van der Waals surface area (Å²) < 4.78 is 27.5. The predicted molar refractivity (Wildman–Crippen MR) is 173 cm³/mol. The van der Waals surface area contributed by atoms with E-state index in [4.69, 9.17) is 23.2 Å². The molecule has 2 aliphatic rings. The average molecular weight is 650 g/mol. The highest BCUT2D eigenvalue weighted by atomic mass is 35.5. The quantitative estimate of drug-likeness (QED) is 0.283. The van der Waals surface area contributed by atoms with Gasteiger partial charge in [0.25, 0.3) is 11.8 Å². The van der Waals surface area contributed by atoms with Gasteiger partial charge in [0.2, 0.25) is 9.84 Å². The topological polar surface area (TPSA) is 90.0 Å². The Morgan fingerprint density at radius 1 is 0.795 bits per heavy atom. The Hall–Kier alpha value is -3.89. The van der Waals surface area contributed by atoms with Gasteiger partial charge in [0, 0.05) is 60.6 Å². The highest BCUT2D eigenvalue weighted by Crippen LogP contribution is 2.38. The summed E-state index contributed by atoms with van der Waals surface area (Å²) in [6.45, 7) is 4.56. The van der Waals surface area contributed by atoms with Gasteiger partial charge in [-0.15, -0.1) is 0 Å². The zero-order chi connectivity index (χ0) is 30.8. The van der Waals surface area contributed by atoms with Crippen LogP contribution in [0.2, 0.25) is 10.0 Å². The molecule has 0 saturated carbocycles. The molecule has 2 aliphatic heterocycles. The van der Waals surface area contributed by atoms with Crippen molar-refractivity contribution in [2.75, 3.05) is 49.1 Å². The number of sulfone groups is 1. The van der Waals surface area contributed by atoms with Crippen molar-refractivity contribution < 1.29 is 18.0 Å². The second-order valence-electron chi connectivity index (χ2n) is 10.8. The molecule has 0 aromatic heterocycles. The van der Waals surface area contributed by atoms with Crippen LogP contribution in [0, 0.1) is 0 Å². The monoisotopic (exact) mass is 648 g/mol. The van der Waals surface area contributed by atoms with Crippen LogP contribution >= 0.6 is 23.2 Å². The van der Waals surface area contributed by atoms with Crippen molar-refractivity contribution in [3.63, 3.8) is 0 Å². The van der Waals surface area contributed by atoms with Gasteiger partial charge in [-0.1, -0.05) is 53.5 Å². The van der Waals surface area contributed by atoms with Gasteiger partial charge >= 0.3 is 0 Å². The molecule has 0 unspecified atom stereocenters. The fraction of sp³-hybridized carbons (Fsp3) is 0.212. The zero-order valence-electron chi connectivity index (χ0n) is 23.7. The first-order valence-electron chi connectivity index (χ1n) is 14.3. The Morgan fingerprint density at radius 2 is 1.52 bits per heavy atom. The van der Waals surface area contributed by atoms with Crippen LogP contribution in [0.15, 0.2) is 101 Å². The number of nitrogens with zero attached hydrogens (tertiary/aromatic N) is 3. The number of hydrogen-bond donors (Lipinski definition) is 1. The van der Waals surface area contributed by atoms with E-state index in [9.17, 15) is 18.0 Å². The summed E-state index contributed by atoms with van der Waals surface area (Å²) in [5.74, 6) is -0.822. The summed E-state index contributed by atoms with van der Waals surface area (Å²) in [7, 11) is -4.04. The number of piperazine rings is 1. The van der Waals surface area contributed by atoms with E-state index in [-0.39, 0.29) is 39.1 Å². The maximum atomic E-state index is 13.8. The highest BCUT2D eigenvalue weighted by molar-refractivity contribution is 7.91. The van der Waals surface area contributed by atoms with E-state index < -0.39 is 15.7 Å². The van der Waals surface area contributed by atoms with Crippen molar-refractivity contribution in [2.45, 2.75) is 16.3 Å². The van der Waals surface area contributed by atoms with Gasteiger partial charge < -0.3 is 15.1 Å². The first-order valence-corrected chi connectivity index (χ1v) is 16.5. The number of benzene rings is 4. The van der Waals surface area contributed by atoms with E-state index in [1.54, 1.807) is 30.3 Å². The minimum Gasteiger partial charge on any atom is -0.369 e. The standard InChI is InChI=1S/C33H30Cl2N4O4S/c34-25-6-3-5-23(19-25)22-39-29-20-24(11-12-31(29)44(42,43)30-10-2-1-9-28(30)33(39)41)32(40)36-13-14-37-15-17-38(18-16-37)27-8-4-7-26(35)21-27/h1-12,19-21H,13-18,22H2,(H,36,40). The molecule has 0 bridgehead atoms. The first-order chi connectivity index (χ1) is 21.2. The highest BCUT2D eigenvalue weighted by Gasteiger charge is 2.36. The van der Waals surface area contributed by atoms with Crippen molar-refractivity contribution in [1.29, 1.82) is 0 Å². The van der Waals surface area contributed by atoms with Crippen LogP contribution in [0.3, 0.4) is 0 Å². The first kappa shape index (κ1) is 30.1. The molecular formula is C33H30Cl2N4O4S. The van der Waals surface area contributed by atoms with Crippen LogP contribution in [-0.2, 0) is 16.4 Å². The molecule has 226 valence electrons. The fourth-order valence-corrected chi connectivity index (χ4v) is 7.68. The minimum atomic E-state index is -4.04. The SMILES string of the molecule is O=C(NCCN1CCN(c2cccc(Cl)c2)CC1)c1ccc2c(c1)N(Cc1cccc(Cl)c1)C(=O)c1ccccc1S2(=O)=O. The molecular weight excluding hydrogens is 619 g/mol. The molecule has 0 atom stereocenters. The van der Waals surface area contributed by atoms with E-state index in [2.05, 4.69) is 21.2 Å². The van der Waals surface area contributed by atoms with Crippen LogP contribution in [0.25, 0.3) is 0 Å². The Bertz CT molecular complexity index is 1840. The molecule has 4 aromatic carbocycles. The molecule has 44 heavy (non-hydrogen) atoms. The van der Waals surface area contributed by atoms with Crippen LogP contribution in [-0.4, -0.2) is 64.4 Å². The van der Waals surface area contributed by atoms with Crippen LogP contribution in [0.4, 0.5) is 11.4 Å². The van der Waals surface area contributed by atoms with Crippen molar-refractivity contribution in [1.82, 2.24) is 10.2 Å². The number of carbonyl (C=O) groups excluding carboxylic acids is 2. The van der Waals surface area contributed by atoms with Crippen LogP contribution < -0.4 is 15.1 Å². The Morgan fingerprint density at radius 3 is 2.27 bits per heavy atom. The second-order valence-corrected chi connectivity index (χ2v) is 13.5. The number of anilines is 2. The third kappa shape index (κ3) is 6.19. The Kier molecular flexibility index (Phi) is 8.64. The second kappa shape index (κ2) is 12.6. The number of rotatable bonds is 7. The molecule has 2 amide bonds. The maximum absolute atomic E-state index is 13.8. The Balaban J connectivity index is 1.19. The molecule has 6 rings (SSSR count). The van der Waals surface area contributed by atoms with Gasteiger partial charge in [0.15, 0.2) is 0 Å². The number of fused-ring (bicyclic) bond motifs is 2. The summed E-state index contributed by atoms with van der Waals surface area (Å²) in [5, 5.41) is 4.17. The van der Waals surface area contributed by atoms with Gasteiger partial charge in [-0.3, -0.25) is 14.5 Å². The lowest BCUT2D eigenvalue weighted by atomic mass is 10.1. The minimum absolute atomic E-state index is 0.0352. The number of halogens is 2.